The molecule has 20 heavy (non-hydrogen) atoms. The number of aliphatic hydroxyl groups excluding tert-OH is 1. The van der Waals surface area contributed by atoms with Crippen LogP contribution in [-0.4, -0.2) is 17.6 Å². The minimum Gasteiger partial charge on any atom is -0.387 e. The largest absolute Gasteiger partial charge is 0.387 e. The van der Waals surface area contributed by atoms with Gasteiger partial charge in [-0.3, -0.25) is 4.79 Å². The molecule has 0 aliphatic rings. The van der Waals surface area contributed by atoms with Gasteiger partial charge in [0.25, 0.3) is 5.91 Å². The summed E-state index contributed by atoms with van der Waals surface area (Å²) in [6, 6.07) is 12.9. The molecule has 104 valence electrons. The first-order valence-electron chi connectivity index (χ1n) is 6.34. The Kier molecular flexibility index (Phi) is 4.48. The van der Waals surface area contributed by atoms with Gasteiger partial charge in [-0.25, -0.2) is 4.39 Å². The predicted molar refractivity (Wildman–Crippen MR) is 74.9 cm³/mol. The summed E-state index contributed by atoms with van der Waals surface area (Å²) < 4.78 is 13.0. The van der Waals surface area contributed by atoms with Crippen LogP contribution in [0.3, 0.4) is 0 Å². The van der Waals surface area contributed by atoms with Gasteiger partial charge in [0.05, 0.1) is 6.10 Å². The third kappa shape index (κ3) is 3.65. The summed E-state index contributed by atoms with van der Waals surface area (Å²) >= 11 is 0. The smallest absolute Gasteiger partial charge is 0.251 e. The first-order valence-corrected chi connectivity index (χ1v) is 6.34. The van der Waals surface area contributed by atoms with Crippen molar-refractivity contribution in [3.05, 3.63) is 71.0 Å². The second kappa shape index (κ2) is 6.30. The zero-order valence-corrected chi connectivity index (χ0v) is 11.1. The summed E-state index contributed by atoms with van der Waals surface area (Å²) in [4.78, 5) is 11.8. The molecule has 0 aliphatic heterocycles. The molecule has 2 N–H and O–H groups in total. The normalized spacial score (nSPS) is 11.9. The van der Waals surface area contributed by atoms with Gasteiger partial charge < -0.3 is 10.4 Å². The van der Waals surface area contributed by atoms with Crippen molar-refractivity contribution < 1.29 is 14.3 Å². The van der Waals surface area contributed by atoms with Crippen LogP contribution in [0.4, 0.5) is 4.39 Å². The van der Waals surface area contributed by atoms with Crippen LogP contribution in [0.5, 0.6) is 0 Å². The number of halogens is 1. The maximum absolute atomic E-state index is 13.0. The number of carbonyl (C=O) groups excluding carboxylic acids is 1. The second-order valence-electron chi connectivity index (χ2n) is 4.65. The van der Waals surface area contributed by atoms with E-state index in [9.17, 15) is 14.3 Å². The van der Waals surface area contributed by atoms with Gasteiger partial charge in [-0.2, -0.15) is 0 Å². The van der Waals surface area contributed by atoms with E-state index >= 15 is 0 Å². The second-order valence-corrected chi connectivity index (χ2v) is 4.65. The molecule has 4 heteroatoms. The summed E-state index contributed by atoms with van der Waals surface area (Å²) in [5.74, 6) is -0.868. The number of nitrogens with one attached hydrogen (secondary N) is 1. The molecule has 2 aromatic carbocycles. The monoisotopic (exact) mass is 273 g/mol. The number of hydrogen-bond acceptors (Lipinski definition) is 2. The lowest BCUT2D eigenvalue weighted by molar-refractivity contribution is 0.0916. The van der Waals surface area contributed by atoms with Crippen LogP contribution < -0.4 is 5.32 Å². The fraction of sp³-hybridized carbons (Fsp3) is 0.188. The van der Waals surface area contributed by atoms with Crippen molar-refractivity contribution in [3.63, 3.8) is 0 Å². The van der Waals surface area contributed by atoms with Crippen molar-refractivity contribution in [3.8, 4) is 0 Å². The van der Waals surface area contributed by atoms with Crippen molar-refractivity contribution in [1.82, 2.24) is 5.32 Å². The van der Waals surface area contributed by atoms with Crippen LogP contribution in [0.15, 0.2) is 48.5 Å². The quantitative estimate of drug-likeness (QED) is 0.899. The highest BCUT2D eigenvalue weighted by Crippen LogP contribution is 2.13. The molecule has 1 atom stereocenters. The van der Waals surface area contributed by atoms with Gasteiger partial charge in [0.1, 0.15) is 5.82 Å². The summed E-state index contributed by atoms with van der Waals surface area (Å²) in [6.45, 7) is 2.04. The van der Waals surface area contributed by atoms with Crippen molar-refractivity contribution in [1.29, 1.82) is 0 Å². The average Bonchev–Trinajstić information content (AvgIpc) is 2.45. The van der Waals surface area contributed by atoms with E-state index in [0.717, 1.165) is 17.2 Å². The number of amides is 1. The summed E-state index contributed by atoms with van der Waals surface area (Å²) in [7, 11) is 0. The van der Waals surface area contributed by atoms with Crippen LogP contribution in [0.1, 0.15) is 27.6 Å². The van der Waals surface area contributed by atoms with Crippen LogP contribution in [0.25, 0.3) is 0 Å². The van der Waals surface area contributed by atoms with Gasteiger partial charge in [0, 0.05) is 12.1 Å². The first-order chi connectivity index (χ1) is 9.56. The highest BCUT2D eigenvalue weighted by atomic mass is 19.1. The molecular weight excluding hydrogens is 257 g/mol. The van der Waals surface area contributed by atoms with Crippen LogP contribution in [0.2, 0.25) is 0 Å². The Bertz CT molecular complexity index is 596. The molecule has 0 bridgehead atoms. The number of hydrogen-bond donors (Lipinski definition) is 2. The Morgan fingerprint density at radius 3 is 2.60 bits per heavy atom. The third-order valence-corrected chi connectivity index (χ3v) is 3.00. The lowest BCUT2D eigenvalue weighted by Gasteiger charge is -2.12. The van der Waals surface area contributed by atoms with Crippen molar-refractivity contribution in [2.45, 2.75) is 13.0 Å². The Balaban J connectivity index is 1.94. The molecule has 2 aromatic rings. The molecule has 0 saturated heterocycles. The minimum absolute atomic E-state index is 0.0818. The van der Waals surface area contributed by atoms with Gasteiger partial charge in [0.2, 0.25) is 0 Å². The number of benzene rings is 2. The van der Waals surface area contributed by atoms with E-state index < -0.39 is 17.8 Å². The van der Waals surface area contributed by atoms with Crippen molar-refractivity contribution in [2.75, 3.05) is 6.54 Å². The zero-order valence-electron chi connectivity index (χ0n) is 11.1. The van der Waals surface area contributed by atoms with E-state index in [4.69, 9.17) is 0 Å². The minimum atomic E-state index is -0.784. The maximum Gasteiger partial charge on any atom is 0.251 e. The lowest BCUT2D eigenvalue weighted by atomic mass is 10.1. The molecule has 0 radical (unpaired) electrons. The predicted octanol–water partition coefficient (Wildman–Crippen LogP) is 2.60. The van der Waals surface area contributed by atoms with Gasteiger partial charge in [-0.1, -0.05) is 35.9 Å². The molecule has 0 spiro atoms. The van der Waals surface area contributed by atoms with E-state index in [1.807, 2.05) is 31.2 Å². The van der Waals surface area contributed by atoms with E-state index in [0.29, 0.717) is 0 Å². The van der Waals surface area contributed by atoms with Crippen molar-refractivity contribution in [2.24, 2.45) is 0 Å². The third-order valence-electron chi connectivity index (χ3n) is 3.00. The Labute approximate surface area is 117 Å². The Morgan fingerprint density at radius 2 is 1.95 bits per heavy atom. The molecule has 0 fully saturated rings. The van der Waals surface area contributed by atoms with Gasteiger partial charge >= 0.3 is 0 Å². The van der Waals surface area contributed by atoms with Crippen molar-refractivity contribution >= 4 is 5.91 Å². The number of carbonyl (C=O) groups is 1. The number of aliphatic hydroxyl groups is 1. The number of rotatable bonds is 4. The summed E-state index contributed by atoms with van der Waals surface area (Å²) in [6.07, 6.45) is -0.784. The van der Waals surface area contributed by atoms with Crippen LogP contribution >= 0.6 is 0 Å². The standard InChI is InChI=1S/C16H16FNO2/c1-11-5-7-12(8-6-11)15(19)10-18-16(20)13-3-2-4-14(17)9-13/h2-9,15,19H,10H2,1H3,(H,18,20). The molecule has 0 aromatic heterocycles. The molecule has 0 heterocycles. The van der Waals surface area contributed by atoms with Gasteiger partial charge in [-0.05, 0) is 30.7 Å². The van der Waals surface area contributed by atoms with E-state index in [-0.39, 0.29) is 12.1 Å². The molecular formula is C16H16FNO2. The molecule has 1 unspecified atom stereocenters. The van der Waals surface area contributed by atoms with E-state index in [1.165, 1.54) is 18.2 Å². The molecule has 1 amide bonds. The molecule has 0 saturated carbocycles. The molecule has 0 aliphatic carbocycles. The van der Waals surface area contributed by atoms with Crippen LogP contribution in [-0.2, 0) is 0 Å². The van der Waals surface area contributed by atoms with E-state index in [2.05, 4.69) is 5.32 Å². The van der Waals surface area contributed by atoms with Crippen LogP contribution in [0, 0.1) is 12.7 Å². The first kappa shape index (κ1) is 14.2. The summed E-state index contributed by atoms with van der Waals surface area (Å²) in [5.41, 5.74) is 2.07. The molecule has 3 nitrogen and oxygen atoms in total. The highest BCUT2D eigenvalue weighted by molar-refractivity contribution is 5.94. The molecule has 2 rings (SSSR count). The number of aryl methyl sites for hydroxylation is 1. The maximum atomic E-state index is 13.0. The fourth-order valence-corrected chi connectivity index (χ4v) is 1.83. The fourth-order valence-electron chi connectivity index (χ4n) is 1.83. The van der Waals surface area contributed by atoms with Gasteiger partial charge in [-0.15, -0.1) is 0 Å². The zero-order chi connectivity index (χ0) is 14.5. The SMILES string of the molecule is Cc1ccc(C(O)CNC(=O)c2cccc(F)c2)cc1. The highest BCUT2D eigenvalue weighted by Gasteiger charge is 2.11. The van der Waals surface area contributed by atoms with Gasteiger partial charge in [0.15, 0.2) is 0 Å². The average molecular weight is 273 g/mol. The van der Waals surface area contributed by atoms with E-state index in [1.54, 1.807) is 0 Å². The summed E-state index contributed by atoms with van der Waals surface area (Å²) in [5, 5.41) is 12.6. The lowest BCUT2D eigenvalue weighted by Crippen LogP contribution is -2.28. The topological polar surface area (TPSA) is 49.3 Å². The Hall–Kier alpha value is -2.20. The Morgan fingerprint density at radius 1 is 1.25 bits per heavy atom.